The van der Waals surface area contributed by atoms with E-state index in [4.69, 9.17) is 15.6 Å². The molecule has 1 aromatic carbocycles. The number of hydrogen-bond donors (Lipinski definition) is 4. The minimum Gasteiger partial charge on any atom is -0.491 e. The highest BCUT2D eigenvalue weighted by Gasteiger charge is 2.07. The molecule has 0 aliphatic heterocycles. The third-order valence-electron chi connectivity index (χ3n) is 4.28. The second-order valence-corrected chi connectivity index (χ2v) is 6.45. The van der Waals surface area contributed by atoms with Gasteiger partial charge in [0.05, 0.1) is 18.3 Å². The summed E-state index contributed by atoms with van der Waals surface area (Å²) < 4.78 is 5.39. The van der Waals surface area contributed by atoms with Crippen LogP contribution in [0.4, 0.5) is 23.3 Å². The first-order valence-electron chi connectivity index (χ1n) is 9.38. The Kier molecular flexibility index (Phi) is 5.81. The quantitative estimate of drug-likeness (QED) is 0.351. The fourth-order valence-electron chi connectivity index (χ4n) is 2.87. The second kappa shape index (κ2) is 9.01. The maximum absolute atomic E-state index is 8.88. The summed E-state index contributed by atoms with van der Waals surface area (Å²) in [5, 5.41) is 16.3. The molecular weight excluding hydrogens is 382 g/mol. The van der Waals surface area contributed by atoms with Crippen LogP contribution in [-0.4, -0.2) is 38.3 Å². The van der Waals surface area contributed by atoms with Gasteiger partial charge in [-0.1, -0.05) is 12.1 Å². The van der Waals surface area contributed by atoms with E-state index in [2.05, 4.69) is 36.6 Å². The molecule has 9 nitrogen and oxygen atoms in total. The Morgan fingerprint density at radius 2 is 1.93 bits per heavy atom. The summed E-state index contributed by atoms with van der Waals surface area (Å²) in [5.41, 5.74) is 8.01. The van der Waals surface area contributed by atoms with Gasteiger partial charge in [-0.25, -0.2) is 15.0 Å². The number of aliphatic hydroxyl groups excluding tert-OH is 1. The van der Waals surface area contributed by atoms with Crippen LogP contribution in [0.1, 0.15) is 5.56 Å². The summed E-state index contributed by atoms with van der Waals surface area (Å²) in [7, 11) is 0. The third-order valence-corrected chi connectivity index (χ3v) is 4.28. The maximum Gasteiger partial charge on any atom is 0.171 e. The van der Waals surface area contributed by atoms with Crippen molar-refractivity contribution in [3.05, 3.63) is 66.6 Å². The largest absolute Gasteiger partial charge is 0.491 e. The molecule has 0 atom stereocenters. The average molecular weight is 403 g/mol. The van der Waals surface area contributed by atoms with Gasteiger partial charge in [0.25, 0.3) is 0 Å². The first-order chi connectivity index (χ1) is 14.7. The van der Waals surface area contributed by atoms with E-state index in [1.807, 2.05) is 24.3 Å². The normalized spacial score (nSPS) is 10.7. The number of nitrogens with one attached hydrogen (secondary N) is 2. The predicted molar refractivity (Wildman–Crippen MR) is 116 cm³/mol. The Morgan fingerprint density at radius 3 is 2.83 bits per heavy atom. The zero-order chi connectivity index (χ0) is 20.8. The van der Waals surface area contributed by atoms with Gasteiger partial charge < -0.3 is 26.2 Å². The SMILES string of the molecule is Nc1ncc(Nc2cc(OCCO)ccn2)nc1NCc1ccc2ncccc2c1. The molecule has 0 saturated carbocycles. The molecule has 4 aromatic rings. The number of anilines is 4. The molecular formula is C21H21N7O2. The lowest BCUT2D eigenvalue weighted by Gasteiger charge is -2.11. The number of benzene rings is 1. The van der Waals surface area contributed by atoms with E-state index in [1.54, 1.807) is 24.5 Å². The Labute approximate surface area is 173 Å². The minimum absolute atomic E-state index is 0.0583. The first-order valence-corrected chi connectivity index (χ1v) is 9.38. The standard InChI is InChI=1S/C21H21N7O2/c22-20-21(26-12-14-3-4-17-15(10-14)2-1-6-23-17)28-19(13-25-20)27-18-11-16(5-7-24-18)30-9-8-29/h1-7,10-11,13,29H,8-9,12H2,(H2,22,25)(H2,24,26,27,28). The van der Waals surface area contributed by atoms with Gasteiger partial charge in [-0.3, -0.25) is 4.98 Å². The van der Waals surface area contributed by atoms with Gasteiger partial charge in [-0.05, 0) is 29.8 Å². The van der Waals surface area contributed by atoms with Crippen molar-refractivity contribution >= 4 is 34.2 Å². The van der Waals surface area contributed by atoms with Crippen LogP contribution in [0.25, 0.3) is 10.9 Å². The summed E-state index contributed by atoms with van der Waals surface area (Å²) >= 11 is 0. The number of ether oxygens (including phenoxy) is 1. The highest BCUT2D eigenvalue weighted by atomic mass is 16.5. The number of fused-ring (bicyclic) bond motifs is 1. The molecule has 0 spiro atoms. The topological polar surface area (TPSA) is 131 Å². The number of nitrogens with two attached hydrogens (primary N) is 1. The van der Waals surface area contributed by atoms with Crippen LogP contribution >= 0.6 is 0 Å². The highest BCUT2D eigenvalue weighted by Crippen LogP contribution is 2.21. The summed E-state index contributed by atoms with van der Waals surface area (Å²) in [6.07, 6.45) is 4.91. The Balaban J connectivity index is 1.46. The van der Waals surface area contributed by atoms with Crippen molar-refractivity contribution in [2.45, 2.75) is 6.54 Å². The zero-order valence-corrected chi connectivity index (χ0v) is 16.1. The van der Waals surface area contributed by atoms with Crippen molar-refractivity contribution in [1.29, 1.82) is 0 Å². The predicted octanol–water partition coefficient (Wildman–Crippen LogP) is 2.73. The van der Waals surface area contributed by atoms with Gasteiger partial charge in [-0.15, -0.1) is 0 Å². The molecule has 30 heavy (non-hydrogen) atoms. The lowest BCUT2D eigenvalue weighted by Crippen LogP contribution is -2.08. The fourth-order valence-corrected chi connectivity index (χ4v) is 2.87. The van der Waals surface area contributed by atoms with Gasteiger partial charge in [-0.2, -0.15) is 0 Å². The monoisotopic (exact) mass is 403 g/mol. The number of nitrogens with zero attached hydrogens (tertiary/aromatic N) is 4. The van der Waals surface area contributed by atoms with Crippen LogP contribution in [0.15, 0.2) is 61.1 Å². The van der Waals surface area contributed by atoms with Gasteiger partial charge in [0.2, 0.25) is 0 Å². The molecule has 3 aromatic heterocycles. The maximum atomic E-state index is 8.88. The Morgan fingerprint density at radius 1 is 1.00 bits per heavy atom. The van der Waals surface area contributed by atoms with Crippen LogP contribution < -0.4 is 21.1 Å². The van der Waals surface area contributed by atoms with Crippen LogP contribution in [0, 0.1) is 0 Å². The average Bonchev–Trinajstić information content (AvgIpc) is 2.78. The highest BCUT2D eigenvalue weighted by molar-refractivity contribution is 5.79. The zero-order valence-electron chi connectivity index (χ0n) is 16.1. The number of hydrogen-bond acceptors (Lipinski definition) is 9. The van der Waals surface area contributed by atoms with Gasteiger partial charge >= 0.3 is 0 Å². The summed E-state index contributed by atoms with van der Waals surface area (Å²) in [4.78, 5) is 17.3. The van der Waals surface area contributed by atoms with Crippen LogP contribution in [0.3, 0.4) is 0 Å². The molecule has 5 N–H and O–H groups in total. The van der Waals surface area contributed by atoms with Crippen LogP contribution in [0.5, 0.6) is 5.75 Å². The van der Waals surface area contributed by atoms with Crippen molar-refractivity contribution in [2.75, 3.05) is 29.6 Å². The first kappa shape index (κ1) is 19.3. The molecule has 4 rings (SSSR count). The lowest BCUT2D eigenvalue weighted by molar-refractivity contribution is 0.201. The lowest BCUT2D eigenvalue weighted by atomic mass is 10.1. The molecule has 0 saturated heterocycles. The molecule has 152 valence electrons. The fraction of sp³-hybridized carbons (Fsp3) is 0.143. The molecule has 0 aliphatic carbocycles. The van der Waals surface area contributed by atoms with Gasteiger partial charge in [0, 0.05) is 30.4 Å². The van der Waals surface area contributed by atoms with Crippen LogP contribution in [0.2, 0.25) is 0 Å². The summed E-state index contributed by atoms with van der Waals surface area (Å²) in [6, 6.07) is 13.4. The van der Waals surface area contributed by atoms with Crippen molar-refractivity contribution in [3.8, 4) is 5.75 Å². The molecule has 0 fully saturated rings. The second-order valence-electron chi connectivity index (χ2n) is 6.45. The Hall–Kier alpha value is -3.98. The number of nitrogen functional groups attached to an aromatic ring is 1. The van der Waals surface area contributed by atoms with E-state index in [-0.39, 0.29) is 13.2 Å². The van der Waals surface area contributed by atoms with Gasteiger partial charge in [0.15, 0.2) is 17.5 Å². The van der Waals surface area contributed by atoms with E-state index in [0.29, 0.717) is 35.6 Å². The van der Waals surface area contributed by atoms with Crippen molar-refractivity contribution in [3.63, 3.8) is 0 Å². The van der Waals surface area contributed by atoms with Crippen molar-refractivity contribution < 1.29 is 9.84 Å². The molecule has 0 radical (unpaired) electrons. The minimum atomic E-state index is -0.0583. The van der Waals surface area contributed by atoms with E-state index < -0.39 is 0 Å². The van der Waals surface area contributed by atoms with E-state index in [9.17, 15) is 0 Å². The van der Waals surface area contributed by atoms with E-state index in [1.165, 1.54) is 6.20 Å². The smallest absolute Gasteiger partial charge is 0.171 e. The van der Waals surface area contributed by atoms with Crippen molar-refractivity contribution in [2.24, 2.45) is 0 Å². The number of aliphatic hydroxyl groups is 1. The van der Waals surface area contributed by atoms with E-state index in [0.717, 1.165) is 16.5 Å². The van der Waals surface area contributed by atoms with Crippen molar-refractivity contribution in [1.82, 2.24) is 19.9 Å². The van der Waals surface area contributed by atoms with Gasteiger partial charge in [0.1, 0.15) is 18.2 Å². The molecule has 0 aliphatic rings. The number of pyridine rings is 2. The molecule has 9 heteroatoms. The molecule has 0 amide bonds. The summed E-state index contributed by atoms with van der Waals surface area (Å²) in [5.74, 6) is 2.39. The summed E-state index contributed by atoms with van der Waals surface area (Å²) in [6.45, 7) is 0.692. The molecule has 0 bridgehead atoms. The Bertz CT molecular complexity index is 1150. The van der Waals surface area contributed by atoms with E-state index >= 15 is 0 Å². The number of rotatable bonds is 8. The van der Waals surface area contributed by atoms with Crippen LogP contribution in [-0.2, 0) is 6.54 Å². The molecule has 0 unspecified atom stereocenters. The third kappa shape index (κ3) is 4.70. The molecule has 3 heterocycles. The number of aromatic nitrogens is 4.